The van der Waals surface area contributed by atoms with E-state index >= 15 is 0 Å². The van der Waals surface area contributed by atoms with Crippen LogP contribution in [0.3, 0.4) is 0 Å². The van der Waals surface area contributed by atoms with Crippen molar-refractivity contribution in [1.29, 1.82) is 0 Å². The van der Waals surface area contributed by atoms with Crippen LogP contribution in [0.25, 0.3) is 0 Å². The summed E-state index contributed by atoms with van der Waals surface area (Å²) >= 11 is 0. The summed E-state index contributed by atoms with van der Waals surface area (Å²) in [5, 5.41) is 15.4. The number of rotatable bonds is 6. The minimum absolute atomic E-state index is 0.433. The Morgan fingerprint density at radius 2 is 2.32 bits per heavy atom. The molecule has 0 amide bonds. The second-order valence-corrected chi connectivity index (χ2v) is 5.26. The second kappa shape index (κ2) is 5.08. The zero-order chi connectivity index (χ0) is 13.2. The molecule has 2 aromatic rings. The summed E-state index contributed by atoms with van der Waals surface area (Å²) in [6.07, 6.45) is 4.25. The number of aromatic nitrogens is 5. The normalized spacial score (nSPS) is 15.3. The molecular formula is C12H18N6O. The molecule has 1 N–H and O–H groups in total. The maximum Gasteiger partial charge on any atom is 0.248 e. The average molecular weight is 262 g/mol. The molecular weight excluding hydrogens is 244 g/mol. The van der Waals surface area contributed by atoms with Gasteiger partial charge in [-0.15, -0.1) is 5.10 Å². The van der Waals surface area contributed by atoms with E-state index in [2.05, 4.69) is 39.6 Å². The Balaban J connectivity index is 1.59. The van der Waals surface area contributed by atoms with Crippen molar-refractivity contribution >= 4 is 0 Å². The Bertz CT molecular complexity index is 542. The maximum absolute atomic E-state index is 5.21. The number of nitrogens with zero attached hydrogens (tertiary/aromatic N) is 5. The van der Waals surface area contributed by atoms with Crippen molar-refractivity contribution in [1.82, 2.24) is 30.5 Å². The molecule has 1 fully saturated rings. The summed E-state index contributed by atoms with van der Waals surface area (Å²) in [7, 11) is 0. The number of hydrogen-bond acceptors (Lipinski definition) is 6. The van der Waals surface area contributed by atoms with Gasteiger partial charge in [-0.25, -0.2) is 4.68 Å². The second-order valence-electron chi connectivity index (χ2n) is 5.26. The third-order valence-electron chi connectivity index (χ3n) is 3.00. The molecule has 0 aromatic carbocycles. The van der Waals surface area contributed by atoms with E-state index in [4.69, 9.17) is 4.52 Å². The van der Waals surface area contributed by atoms with Gasteiger partial charge in [0.15, 0.2) is 5.82 Å². The molecule has 2 aromatic heterocycles. The maximum atomic E-state index is 5.21. The van der Waals surface area contributed by atoms with Crippen molar-refractivity contribution in [3.05, 3.63) is 23.6 Å². The van der Waals surface area contributed by atoms with Gasteiger partial charge >= 0.3 is 0 Å². The SMILES string of the molecule is CC(C)NCc1cn(Cc2nc(C3CC3)no2)nn1. The summed E-state index contributed by atoms with van der Waals surface area (Å²) in [5.41, 5.74) is 0.913. The first kappa shape index (κ1) is 12.3. The average Bonchev–Trinajstić information content (AvgIpc) is 2.96. The molecule has 1 saturated carbocycles. The van der Waals surface area contributed by atoms with Gasteiger partial charge in [0.1, 0.15) is 6.54 Å². The van der Waals surface area contributed by atoms with Crippen LogP contribution in [0.1, 0.15) is 50.0 Å². The molecule has 0 spiro atoms. The van der Waals surface area contributed by atoms with Crippen LogP contribution in [0, 0.1) is 0 Å². The van der Waals surface area contributed by atoms with Crippen molar-refractivity contribution in [2.45, 2.75) is 51.7 Å². The van der Waals surface area contributed by atoms with Gasteiger partial charge in [0.05, 0.1) is 11.9 Å². The first-order chi connectivity index (χ1) is 9.20. The Morgan fingerprint density at radius 3 is 3.05 bits per heavy atom. The Kier molecular flexibility index (Phi) is 3.29. The predicted molar refractivity (Wildman–Crippen MR) is 67.4 cm³/mol. The lowest BCUT2D eigenvalue weighted by atomic mass is 10.3. The van der Waals surface area contributed by atoms with E-state index in [1.165, 1.54) is 12.8 Å². The van der Waals surface area contributed by atoms with Crippen molar-refractivity contribution in [3.8, 4) is 0 Å². The zero-order valence-electron chi connectivity index (χ0n) is 11.2. The molecule has 0 radical (unpaired) electrons. The first-order valence-corrected chi connectivity index (χ1v) is 6.65. The van der Waals surface area contributed by atoms with Crippen LogP contribution in [-0.4, -0.2) is 31.2 Å². The fourth-order valence-corrected chi connectivity index (χ4v) is 1.78. The molecule has 0 bridgehead atoms. The highest BCUT2D eigenvalue weighted by molar-refractivity contribution is 5.03. The molecule has 1 aliphatic rings. The molecule has 1 aliphatic carbocycles. The highest BCUT2D eigenvalue weighted by atomic mass is 16.5. The third kappa shape index (κ3) is 3.17. The van der Waals surface area contributed by atoms with Crippen molar-refractivity contribution < 1.29 is 4.52 Å². The molecule has 7 nitrogen and oxygen atoms in total. The van der Waals surface area contributed by atoms with Gasteiger partial charge in [0, 0.05) is 18.5 Å². The summed E-state index contributed by atoms with van der Waals surface area (Å²) in [6, 6.07) is 0.433. The summed E-state index contributed by atoms with van der Waals surface area (Å²) in [6.45, 7) is 5.40. The topological polar surface area (TPSA) is 81.7 Å². The van der Waals surface area contributed by atoms with Crippen LogP contribution < -0.4 is 5.32 Å². The highest BCUT2D eigenvalue weighted by Crippen LogP contribution is 2.38. The fraction of sp³-hybridized carbons (Fsp3) is 0.667. The Labute approximate surface area is 111 Å². The smallest absolute Gasteiger partial charge is 0.248 e. The van der Waals surface area contributed by atoms with E-state index in [0.29, 0.717) is 24.4 Å². The van der Waals surface area contributed by atoms with Crippen LogP contribution in [0.4, 0.5) is 0 Å². The first-order valence-electron chi connectivity index (χ1n) is 6.65. The Morgan fingerprint density at radius 1 is 1.47 bits per heavy atom. The van der Waals surface area contributed by atoms with E-state index < -0.39 is 0 Å². The number of hydrogen-bond donors (Lipinski definition) is 1. The largest absolute Gasteiger partial charge is 0.337 e. The number of nitrogens with one attached hydrogen (secondary N) is 1. The molecule has 0 unspecified atom stereocenters. The van der Waals surface area contributed by atoms with Crippen LogP contribution in [0.2, 0.25) is 0 Å². The minimum atomic E-state index is 0.433. The Hall–Kier alpha value is -1.76. The lowest BCUT2D eigenvalue weighted by Crippen LogP contribution is -2.21. The van der Waals surface area contributed by atoms with Crippen LogP contribution >= 0.6 is 0 Å². The molecule has 19 heavy (non-hydrogen) atoms. The summed E-state index contributed by atoms with van der Waals surface area (Å²) in [4.78, 5) is 4.37. The van der Waals surface area contributed by atoms with Crippen molar-refractivity contribution in [2.75, 3.05) is 0 Å². The van der Waals surface area contributed by atoms with Crippen LogP contribution in [0.5, 0.6) is 0 Å². The fourth-order valence-electron chi connectivity index (χ4n) is 1.78. The lowest BCUT2D eigenvalue weighted by Gasteiger charge is -2.03. The zero-order valence-corrected chi connectivity index (χ0v) is 11.2. The highest BCUT2D eigenvalue weighted by Gasteiger charge is 2.28. The summed E-state index contributed by atoms with van der Waals surface area (Å²) < 4.78 is 6.94. The molecule has 7 heteroatoms. The van der Waals surface area contributed by atoms with Gasteiger partial charge in [0.2, 0.25) is 5.89 Å². The molecule has 2 heterocycles. The van der Waals surface area contributed by atoms with E-state index in [9.17, 15) is 0 Å². The van der Waals surface area contributed by atoms with Gasteiger partial charge < -0.3 is 9.84 Å². The standard InChI is InChI=1S/C12H18N6O/c1-8(2)13-5-10-6-18(17-15-10)7-11-14-12(16-19-11)9-3-4-9/h6,8-9,13H,3-5,7H2,1-2H3. The third-order valence-corrected chi connectivity index (χ3v) is 3.00. The molecule has 3 rings (SSSR count). The van der Waals surface area contributed by atoms with Gasteiger partial charge in [-0.05, 0) is 12.8 Å². The van der Waals surface area contributed by atoms with E-state index in [0.717, 1.165) is 18.1 Å². The van der Waals surface area contributed by atoms with Crippen LogP contribution in [-0.2, 0) is 13.1 Å². The van der Waals surface area contributed by atoms with Gasteiger partial charge in [-0.2, -0.15) is 4.98 Å². The molecule has 102 valence electrons. The van der Waals surface area contributed by atoms with E-state index in [1.807, 2.05) is 6.20 Å². The van der Waals surface area contributed by atoms with Crippen LogP contribution in [0.15, 0.2) is 10.7 Å². The van der Waals surface area contributed by atoms with E-state index in [-0.39, 0.29) is 0 Å². The summed E-state index contributed by atoms with van der Waals surface area (Å²) in [5.74, 6) is 1.94. The van der Waals surface area contributed by atoms with Crippen molar-refractivity contribution in [3.63, 3.8) is 0 Å². The van der Waals surface area contributed by atoms with Gasteiger partial charge in [-0.3, -0.25) is 0 Å². The van der Waals surface area contributed by atoms with E-state index in [1.54, 1.807) is 4.68 Å². The molecule has 0 aliphatic heterocycles. The van der Waals surface area contributed by atoms with Gasteiger partial charge in [-0.1, -0.05) is 24.2 Å². The predicted octanol–water partition coefficient (Wildman–Crippen LogP) is 1.08. The molecule has 0 atom stereocenters. The lowest BCUT2D eigenvalue weighted by molar-refractivity contribution is 0.360. The minimum Gasteiger partial charge on any atom is -0.337 e. The molecule has 0 saturated heterocycles. The quantitative estimate of drug-likeness (QED) is 0.839. The van der Waals surface area contributed by atoms with Gasteiger partial charge in [0.25, 0.3) is 0 Å². The monoisotopic (exact) mass is 262 g/mol. The van der Waals surface area contributed by atoms with Crippen molar-refractivity contribution in [2.24, 2.45) is 0 Å².